The molecule has 2 atom stereocenters. The van der Waals surface area contributed by atoms with Crippen LogP contribution >= 0.6 is 0 Å². The Bertz CT molecular complexity index is 475. The average molecular weight is 296 g/mol. The van der Waals surface area contributed by atoms with Crippen LogP contribution in [0.25, 0.3) is 0 Å². The summed E-state index contributed by atoms with van der Waals surface area (Å²) in [6.45, 7) is -0.365. The second-order valence-electron chi connectivity index (χ2n) is 5.03. The van der Waals surface area contributed by atoms with Gasteiger partial charge in [0.1, 0.15) is 6.04 Å². The monoisotopic (exact) mass is 296 g/mol. The zero-order valence-electron chi connectivity index (χ0n) is 11.7. The number of carbonyl (C=O) groups is 2. The normalized spacial score (nSPS) is 13.6. The van der Waals surface area contributed by atoms with E-state index in [1.165, 1.54) is 0 Å². The van der Waals surface area contributed by atoms with Crippen molar-refractivity contribution in [3.05, 3.63) is 35.4 Å². The van der Waals surface area contributed by atoms with E-state index in [0.29, 0.717) is 12.8 Å². The van der Waals surface area contributed by atoms with Crippen molar-refractivity contribution in [3.8, 4) is 0 Å². The fourth-order valence-electron chi connectivity index (χ4n) is 2.08. The molecule has 0 aliphatic carbocycles. The van der Waals surface area contributed by atoms with Crippen molar-refractivity contribution >= 4 is 11.9 Å². The van der Waals surface area contributed by atoms with Crippen LogP contribution in [-0.4, -0.2) is 34.9 Å². The third-order valence-corrected chi connectivity index (χ3v) is 3.31. The molecule has 6 heteroatoms. The first-order chi connectivity index (χ1) is 9.93. The lowest BCUT2D eigenvalue weighted by Gasteiger charge is -2.15. The summed E-state index contributed by atoms with van der Waals surface area (Å²) in [6, 6.07) is 6.06. The van der Waals surface area contributed by atoms with Crippen LogP contribution in [0, 0.1) is 5.92 Å². The molecular formula is C15H20FNO4. The van der Waals surface area contributed by atoms with Gasteiger partial charge < -0.3 is 15.9 Å². The van der Waals surface area contributed by atoms with Crippen molar-refractivity contribution in [2.24, 2.45) is 11.7 Å². The van der Waals surface area contributed by atoms with Crippen molar-refractivity contribution in [1.82, 2.24) is 0 Å². The second-order valence-corrected chi connectivity index (χ2v) is 5.03. The average Bonchev–Trinajstić information content (AvgIpc) is 2.45. The molecular weight excluding hydrogens is 276 g/mol. The van der Waals surface area contributed by atoms with Crippen molar-refractivity contribution in [1.29, 1.82) is 0 Å². The van der Waals surface area contributed by atoms with Crippen LogP contribution in [0.15, 0.2) is 24.3 Å². The molecule has 116 valence electrons. The summed E-state index contributed by atoms with van der Waals surface area (Å²) in [4.78, 5) is 21.9. The molecule has 0 aliphatic heterocycles. The maximum atomic E-state index is 12.1. The summed E-state index contributed by atoms with van der Waals surface area (Å²) in [5.74, 6) is -3.11. The molecule has 0 saturated carbocycles. The van der Waals surface area contributed by atoms with Crippen LogP contribution in [0.5, 0.6) is 0 Å². The first kappa shape index (κ1) is 17.1. The highest BCUT2D eigenvalue weighted by Crippen LogP contribution is 2.16. The smallest absolute Gasteiger partial charge is 0.320 e. The third-order valence-electron chi connectivity index (χ3n) is 3.31. The van der Waals surface area contributed by atoms with E-state index in [-0.39, 0.29) is 19.5 Å². The number of nitrogens with two attached hydrogens (primary N) is 1. The fourth-order valence-corrected chi connectivity index (χ4v) is 2.08. The molecule has 5 nitrogen and oxygen atoms in total. The molecule has 0 heterocycles. The number of aryl methyl sites for hydroxylation is 1. The number of carboxylic acid groups (broad SMARTS) is 2. The molecule has 21 heavy (non-hydrogen) atoms. The third kappa shape index (κ3) is 5.91. The molecule has 1 aromatic rings. The number of aliphatic carboxylic acids is 2. The molecule has 1 rings (SSSR count). The summed E-state index contributed by atoms with van der Waals surface area (Å²) in [5, 5.41) is 17.9. The second kappa shape index (κ2) is 8.36. The van der Waals surface area contributed by atoms with Crippen LogP contribution in [0.4, 0.5) is 4.39 Å². The number of benzene rings is 1. The van der Waals surface area contributed by atoms with Gasteiger partial charge in [0.2, 0.25) is 0 Å². The van der Waals surface area contributed by atoms with Crippen LogP contribution < -0.4 is 5.73 Å². The summed E-state index contributed by atoms with van der Waals surface area (Å²) in [5.41, 5.74) is 7.18. The maximum Gasteiger partial charge on any atom is 0.320 e. The van der Waals surface area contributed by atoms with Gasteiger partial charge in [-0.15, -0.1) is 0 Å². The van der Waals surface area contributed by atoms with E-state index in [9.17, 15) is 14.0 Å². The lowest BCUT2D eigenvalue weighted by Crippen LogP contribution is -2.35. The Hall–Kier alpha value is -1.95. The molecule has 0 fully saturated rings. The number of hydrogen-bond donors (Lipinski definition) is 3. The van der Waals surface area contributed by atoms with Crippen molar-refractivity contribution in [3.63, 3.8) is 0 Å². The predicted octanol–water partition coefficient (Wildman–Crippen LogP) is 1.63. The summed E-state index contributed by atoms with van der Waals surface area (Å²) < 4.78 is 12.1. The fraction of sp³-hybridized carbons (Fsp3) is 0.467. The van der Waals surface area contributed by atoms with Gasteiger partial charge in [0.25, 0.3) is 0 Å². The minimum atomic E-state index is -1.21. The minimum absolute atomic E-state index is 0.117. The van der Waals surface area contributed by atoms with E-state index in [2.05, 4.69) is 0 Å². The number of rotatable bonds is 9. The Morgan fingerprint density at radius 3 is 2.14 bits per heavy atom. The Labute approximate surface area is 122 Å². The standard InChI is InChI=1S/C15H20FNO4/c16-7-1-2-10-3-5-11(6-4-10)8-12(14(18)19)9-13(17)15(20)21/h3-6,12-13H,1-2,7-9,17H2,(H,18,19)(H,20,21)/t12?,13-/m0/s1/i16-1. The molecule has 0 spiro atoms. The van der Waals surface area contributed by atoms with Gasteiger partial charge in [0, 0.05) is 0 Å². The van der Waals surface area contributed by atoms with Gasteiger partial charge in [-0.1, -0.05) is 24.3 Å². The van der Waals surface area contributed by atoms with Gasteiger partial charge in [-0.3, -0.25) is 14.0 Å². The first-order valence-corrected chi connectivity index (χ1v) is 6.79. The molecule has 0 bridgehead atoms. The summed E-state index contributed by atoms with van der Waals surface area (Å²) in [7, 11) is 0. The number of hydrogen-bond acceptors (Lipinski definition) is 3. The molecule has 0 amide bonds. The lowest BCUT2D eigenvalue weighted by molar-refractivity contribution is -0.143. The summed E-state index contributed by atoms with van der Waals surface area (Å²) in [6.07, 6.45) is 1.21. The van der Waals surface area contributed by atoms with Crippen molar-refractivity contribution < 1.29 is 24.2 Å². The summed E-state index contributed by atoms with van der Waals surface area (Å²) >= 11 is 0. The van der Waals surface area contributed by atoms with E-state index in [1.54, 1.807) is 12.1 Å². The Morgan fingerprint density at radius 2 is 1.67 bits per heavy atom. The molecule has 0 aromatic heterocycles. The van der Waals surface area contributed by atoms with Crippen LogP contribution in [0.2, 0.25) is 0 Å². The Morgan fingerprint density at radius 1 is 1.10 bits per heavy atom. The van der Waals surface area contributed by atoms with Crippen LogP contribution in [0.3, 0.4) is 0 Å². The van der Waals surface area contributed by atoms with Crippen molar-refractivity contribution in [2.75, 3.05) is 6.67 Å². The molecule has 0 saturated heterocycles. The van der Waals surface area contributed by atoms with Crippen molar-refractivity contribution in [2.45, 2.75) is 31.7 Å². The highest BCUT2D eigenvalue weighted by Gasteiger charge is 2.24. The number of halogens is 1. The molecule has 1 aromatic carbocycles. The quantitative estimate of drug-likeness (QED) is 0.643. The van der Waals surface area contributed by atoms with E-state index in [0.717, 1.165) is 11.1 Å². The van der Waals surface area contributed by atoms with Gasteiger partial charge in [-0.25, -0.2) is 0 Å². The predicted molar refractivity (Wildman–Crippen MR) is 75.8 cm³/mol. The number of alkyl halides is 1. The molecule has 0 radical (unpaired) electrons. The van der Waals surface area contributed by atoms with E-state index >= 15 is 0 Å². The van der Waals surface area contributed by atoms with Gasteiger partial charge in [0.05, 0.1) is 12.6 Å². The Kier molecular flexibility index (Phi) is 6.81. The van der Waals surface area contributed by atoms with Gasteiger partial charge in [-0.2, -0.15) is 0 Å². The van der Waals surface area contributed by atoms with E-state index in [4.69, 9.17) is 15.9 Å². The Balaban J connectivity index is 2.66. The van der Waals surface area contributed by atoms with Crippen LogP contribution in [0.1, 0.15) is 24.0 Å². The van der Waals surface area contributed by atoms with E-state index < -0.39 is 23.9 Å². The van der Waals surface area contributed by atoms with Gasteiger partial charge >= 0.3 is 11.9 Å². The lowest BCUT2D eigenvalue weighted by atomic mass is 9.92. The highest BCUT2D eigenvalue weighted by atomic mass is 18.2. The van der Waals surface area contributed by atoms with Gasteiger partial charge in [-0.05, 0) is 36.8 Å². The minimum Gasteiger partial charge on any atom is -0.481 e. The first-order valence-electron chi connectivity index (χ1n) is 6.79. The number of carboxylic acids is 2. The van der Waals surface area contributed by atoms with E-state index in [1.807, 2.05) is 12.1 Å². The highest BCUT2D eigenvalue weighted by molar-refractivity contribution is 5.76. The zero-order valence-corrected chi connectivity index (χ0v) is 11.7. The van der Waals surface area contributed by atoms with Gasteiger partial charge in [0.15, 0.2) is 0 Å². The zero-order chi connectivity index (χ0) is 15.8. The van der Waals surface area contributed by atoms with Crippen LogP contribution in [-0.2, 0) is 22.4 Å². The SMILES string of the molecule is N[C@@H](CC(Cc1ccc(CCC[18F])cc1)C(=O)O)C(=O)O. The molecule has 1 unspecified atom stereocenters. The molecule has 4 N–H and O–H groups in total. The largest absolute Gasteiger partial charge is 0.481 e. The maximum absolute atomic E-state index is 12.1. The molecule has 0 aliphatic rings. The topological polar surface area (TPSA) is 101 Å².